The highest BCUT2D eigenvalue weighted by molar-refractivity contribution is 6.12. The lowest BCUT2D eigenvalue weighted by Crippen LogP contribution is -2.06. The van der Waals surface area contributed by atoms with Crippen molar-refractivity contribution in [2.24, 2.45) is 23.7 Å². The molecule has 4 aromatic heterocycles. The van der Waals surface area contributed by atoms with Crippen molar-refractivity contribution in [1.29, 1.82) is 0 Å². The van der Waals surface area contributed by atoms with Crippen molar-refractivity contribution >= 4 is 21.8 Å². The first kappa shape index (κ1) is 45.7. The number of hydrogen-bond donors (Lipinski definition) is 0. The van der Waals surface area contributed by atoms with Gasteiger partial charge < -0.3 is 18.9 Å². The molecule has 0 atom stereocenters. The molecule has 0 bridgehead atoms. The second kappa shape index (κ2) is 20.1. The van der Waals surface area contributed by atoms with E-state index in [1.807, 2.05) is 66.9 Å². The van der Waals surface area contributed by atoms with Crippen LogP contribution in [0.25, 0.3) is 27.8 Å². The van der Waals surface area contributed by atoms with Crippen molar-refractivity contribution < 1.29 is 18.9 Å². The summed E-state index contributed by atoms with van der Waals surface area (Å²) in [4.78, 5) is 13.8. The predicted octanol–water partition coefficient (Wildman–Crippen LogP) is 14.8. The summed E-state index contributed by atoms with van der Waals surface area (Å²) in [7, 11) is 0. The summed E-state index contributed by atoms with van der Waals surface area (Å²) < 4.78 is 28.8. The highest BCUT2D eigenvalue weighted by Gasteiger charge is 2.24. The number of ether oxygens (including phenoxy) is 4. The maximum absolute atomic E-state index is 7.15. The second-order valence-corrected chi connectivity index (χ2v) is 19.3. The largest absolute Gasteiger partial charge is 0.457 e. The van der Waals surface area contributed by atoms with Gasteiger partial charge in [0.05, 0.1) is 22.9 Å². The van der Waals surface area contributed by atoms with E-state index in [0.717, 1.165) is 87.1 Å². The number of nitrogens with zero attached hydrogens (tertiary/aromatic N) is 6. The van der Waals surface area contributed by atoms with E-state index in [1.54, 1.807) is 12.4 Å². The third kappa shape index (κ3) is 10.8. The molecule has 0 N–H and O–H groups in total. The Hall–Kier alpha value is -6.81. The van der Waals surface area contributed by atoms with Gasteiger partial charge in [-0.2, -0.15) is 0 Å². The summed E-state index contributed by atoms with van der Waals surface area (Å²) in [6, 6.07) is 32.2. The molecule has 4 heterocycles. The van der Waals surface area contributed by atoms with Crippen LogP contribution in [0.4, 0.5) is 0 Å². The number of aromatic nitrogens is 6. The molecular weight excluding hydrogens is 821 g/mol. The maximum Gasteiger partial charge on any atom is 0.254 e. The van der Waals surface area contributed by atoms with Crippen LogP contribution in [-0.4, -0.2) is 29.7 Å². The summed E-state index contributed by atoms with van der Waals surface area (Å²) in [6.07, 6.45) is 8.58. The molecule has 0 unspecified atom stereocenters. The number of benzene rings is 4. The fraction of sp³-hybridized carbons (Fsp3) is 0.339. The average Bonchev–Trinajstić information content (AvgIpc) is 3.58. The van der Waals surface area contributed by atoms with Gasteiger partial charge in [0.25, 0.3) is 5.95 Å². The van der Waals surface area contributed by atoms with Crippen molar-refractivity contribution in [2.75, 3.05) is 0 Å². The Morgan fingerprint density at radius 3 is 1.52 bits per heavy atom. The number of rotatable bonds is 18. The van der Waals surface area contributed by atoms with Gasteiger partial charge in [-0.15, -0.1) is 10.2 Å². The van der Waals surface area contributed by atoms with Crippen LogP contribution in [0.3, 0.4) is 0 Å². The Kier molecular flexibility index (Phi) is 14.0. The summed E-state index contributed by atoms with van der Waals surface area (Å²) >= 11 is 0. The highest BCUT2D eigenvalue weighted by atomic mass is 16.5. The summed E-state index contributed by atoms with van der Waals surface area (Å²) in [5, 5.41) is 11.7. The Labute approximate surface area is 389 Å². The fourth-order valence-corrected chi connectivity index (χ4v) is 8.39. The van der Waals surface area contributed by atoms with E-state index < -0.39 is 0 Å². The molecule has 0 saturated heterocycles. The van der Waals surface area contributed by atoms with E-state index in [1.165, 1.54) is 5.56 Å². The molecule has 10 nitrogen and oxygen atoms in total. The standard InChI is InChI=1S/C56H62N6O4/c1-34(2)23-39-17-19-43(64-53-15-11-13-21-57-53)30-50(39)63-45-27-42(26-37(7)8)55-46-28-41(25-36(5)6)52(32-48(46)62(49(55)29-45)56-59-33-47(38(9)10)60-61-56)66-51-31-44(20-18-40(51)24-35(3)4)65-54-16-12-14-22-58-54/h11-22,27-38H,23-26H2,1-10H3. The lowest BCUT2D eigenvalue weighted by Gasteiger charge is -2.18. The van der Waals surface area contributed by atoms with Crippen LogP contribution >= 0.6 is 0 Å². The SMILES string of the molecule is CC(C)Cc1ccc(Oc2ccccn2)cc1Oc1cc(CC(C)C)c2c3cc(CC(C)C)c(Oc4cc(Oc5ccccn5)ccc4CC(C)C)cc3n(-c3ncc(C(C)C)nn3)c2c1. The minimum atomic E-state index is 0.170. The molecule has 8 rings (SSSR count). The first-order chi connectivity index (χ1) is 31.8. The molecular formula is C56H62N6O4. The van der Waals surface area contributed by atoms with E-state index in [4.69, 9.17) is 29.0 Å². The molecule has 0 aliphatic rings. The molecule has 0 radical (unpaired) electrons. The minimum Gasteiger partial charge on any atom is -0.457 e. The van der Waals surface area contributed by atoms with Crippen molar-refractivity contribution in [2.45, 2.75) is 101 Å². The zero-order chi connectivity index (χ0) is 46.5. The number of fused-ring (bicyclic) bond motifs is 3. The zero-order valence-corrected chi connectivity index (χ0v) is 40.0. The highest BCUT2D eigenvalue weighted by Crippen LogP contribution is 2.44. The quantitative estimate of drug-likeness (QED) is 0.0832. The van der Waals surface area contributed by atoms with E-state index in [-0.39, 0.29) is 5.92 Å². The first-order valence-electron chi connectivity index (χ1n) is 23.4. The van der Waals surface area contributed by atoms with Crippen LogP contribution in [0.15, 0.2) is 116 Å². The van der Waals surface area contributed by atoms with Crippen molar-refractivity contribution in [3.8, 4) is 52.2 Å². The lowest BCUT2D eigenvalue weighted by atomic mass is 9.95. The van der Waals surface area contributed by atoms with Crippen molar-refractivity contribution in [3.05, 3.63) is 144 Å². The van der Waals surface area contributed by atoms with Gasteiger partial charge in [0.15, 0.2) is 0 Å². The molecule has 0 spiro atoms. The Morgan fingerprint density at radius 2 is 1.00 bits per heavy atom. The van der Waals surface area contributed by atoms with Gasteiger partial charge in [0, 0.05) is 59.6 Å². The second-order valence-electron chi connectivity index (χ2n) is 19.3. The fourth-order valence-electron chi connectivity index (χ4n) is 8.39. The third-order valence-electron chi connectivity index (χ3n) is 11.2. The number of hydrogen-bond acceptors (Lipinski definition) is 9. The van der Waals surface area contributed by atoms with E-state index in [9.17, 15) is 0 Å². The molecule has 66 heavy (non-hydrogen) atoms. The normalized spacial score (nSPS) is 11.8. The molecule has 4 aromatic carbocycles. The van der Waals surface area contributed by atoms with Crippen LogP contribution in [0, 0.1) is 23.7 Å². The molecule has 0 fully saturated rings. The Bertz CT molecular complexity index is 2910. The van der Waals surface area contributed by atoms with Gasteiger partial charge in [-0.3, -0.25) is 4.57 Å². The van der Waals surface area contributed by atoms with Crippen LogP contribution in [0.2, 0.25) is 0 Å². The van der Waals surface area contributed by atoms with Crippen LogP contribution in [0.1, 0.15) is 103 Å². The molecule has 0 aliphatic heterocycles. The van der Waals surface area contributed by atoms with Gasteiger partial charge in [0.2, 0.25) is 11.8 Å². The smallest absolute Gasteiger partial charge is 0.254 e. The van der Waals surface area contributed by atoms with E-state index >= 15 is 0 Å². The first-order valence-corrected chi connectivity index (χ1v) is 23.4. The van der Waals surface area contributed by atoms with Crippen LogP contribution in [-0.2, 0) is 25.7 Å². The van der Waals surface area contributed by atoms with Crippen LogP contribution < -0.4 is 18.9 Å². The Morgan fingerprint density at radius 1 is 0.455 bits per heavy atom. The van der Waals surface area contributed by atoms with E-state index in [0.29, 0.717) is 58.6 Å². The van der Waals surface area contributed by atoms with Gasteiger partial charge in [-0.05, 0) is 114 Å². The summed E-state index contributed by atoms with van der Waals surface area (Å²) in [5.41, 5.74) is 7.11. The molecule has 8 aromatic rings. The summed E-state index contributed by atoms with van der Waals surface area (Å²) in [6.45, 7) is 22.1. The van der Waals surface area contributed by atoms with Gasteiger partial charge in [-0.25, -0.2) is 15.0 Å². The Balaban J connectivity index is 1.34. The number of pyridine rings is 2. The molecule has 0 saturated carbocycles. The topological polar surface area (TPSA) is 106 Å². The molecule has 0 amide bonds. The monoisotopic (exact) mass is 882 g/mol. The average molecular weight is 883 g/mol. The third-order valence-corrected chi connectivity index (χ3v) is 11.2. The van der Waals surface area contributed by atoms with Crippen molar-refractivity contribution in [3.63, 3.8) is 0 Å². The van der Waals surface area contributed by atoms with Gasteiger partial charge in [-0.1, -0.05) is 93.5 Å². The van der Waals surface area contributed by atoms with Crippen LogP contribution in [0.5, 0.6) is 46.3 Å². The van der Waals surface area contributed by atoms with Crippen molar-refractivity contribution in [1.82, 2.24) is 29.7 Å². The predicted molar refractivity (Wildman–Crippen MR) is 264 cm³/mol. The van der Waals surface area contributed by atoms with Gasteiger partial charge in [0.1, 0.15) is 34.5 Å². The molecule has 10 heteroatoms. The zero-order valence-electron chi connectivity index (χ0n) is 40.0. The molecule has 340 valence electrons. The van der Waals surface area contributed by atoms with E-state index in [2.05, 4.69) is 125 Å². The summed E-state index contributed by atoms with van der Waals surface area (Å²) in [5.74, 6) is 7.43. The molecule has 0 aliphatic carbocycles. The maximum atomic E-state index is 7.15. The minimum absolute atomic E-state index is 0.170. The lowest BCUT2D eigenvalue weighted by molar-refractivity contribution is 0.440. The van der Waals surface area contributed by atoms with Gasteiger partial charge >= 0.3 is 0 Å².